The molecule has 0 spiro atoms. The van der Waals surface area contributed by atoms with Gasteiger partial charge < -0.3 is 9.84 Å². The molecule has 2 rings (SSSR count). The summed E-state index contributed by atoms with van der Waals surface area (Å²) in [6, 6.07) is 8.20. The van der Waals surface area contributed by atoms with Crippen LogP contribution in [-0.2, 0) is 11.2 Å². The van der Waals surface area contributed by atoms with E-state index in [4.69, 9.17) is 4.74 Å². The number of hydrogen-bond donors (Lipinski definition) is 1. The van der Waals surface area contributed by atoms with Crippen LogP contribution in [0, 0.1) is 5.41 Å². The number of hydrogen-bond acceptors (Lipinski definition) is 2. The molecule has 0 aromatic heterocycles. The second kappa shape index (κ2) is 5.30. The Hall–Kier alpha value is -0.380. The van der Waals surface area contributed by atoms with Crippen LogP contribution in [0.4, 0.5) is 0 Å². The molecule has 1 atom stereocenters. The lowest BCUT2D eigenvalue weighted by molar-refractivity contribution is -0.0379. The van der Waals surface area contributed by atoms with E-state index < -0.39 is 0 Å². The first-order chi connectivity index (χ1) is 7.76. The average Bonchev–Trinajstić information content (AvgIpc) is 2.33. The van der Waals surface area contributed by atoms with Crippen molar-refractivity contribution in [3.05, 3.63) is 34.3 Å². The molecule has 1 unspecified atom stereocenters. The zero-order valence-corrected chi connectivity index (χ0v) is 10.9. The quantitative estimate of drug-likeness (QED) is 0.925. The molecule has 1 heterocycles. The van der Waals surface area contributed by atoms with Gasteiger partial charge in [-0.15, -0.1) is 0 Å². The molecule has 0 saturated carbocycles. The summed E-state index contributed by atoms with van der Waals surface area (Å²) in [5, 5.41) is 9.60. The molecule has 1 saturated heterocycles. The van der Waals surface area contributed by atoms with Crippen molar-refractivity contribution in [2.24, 2.45) is 5.41 Å². The fraction of sp³-hybridized carbons (Fsp3) is 0.538. The standard InChI is InChI=1S/C13H17BrO2/c14-12-5-2-1-4-11(12)8-13(9-15)6-3-7-16-10-13/h1-2,4-5,15H,3,6-10H2. The predicted octanol–water partition coefficient (Wildman–Crippen LogP) is 2.78. The summed E-state index contributed by atoms with van der Waals surface area (Å²) in [6.45, 7) is 1.71. The first kappa shape index (κ1) is 12.1. The highest BCUT2D eigenvalue weighted by Crippen LogP contribution is 2.34. The summed E-state index contributed by atoms with van der Waals surface area (Å²) in [6.07, 6.45) is 2.97. The number of ether oxygens (including phenoxy) is 1. The minimum atomic E-state index is -0.0812. The lowest BCUT2D eigenvalue weighted by Crippen LogP contribution is -2.37. The number of benzene rings is 1. The lowest BCUT2D eigenvalue weighted by Gasteiger charge is -2.35. The maximum atomic E-state index is 9.60. The number of aliphatic hydroxyl groups is 1. The minimum absolute atomic E-state index is 0.0812. The maximum absolute atomic E-state index is 9.60. The minimum Gasteiger partial charge on any atom is -0.396 e. The van der Waals surface area contributed by atoms with Crippen molar-refractivity contribution in [1.29, 1.82) is 0 Å². The fourth-order valence-electron chi connectivity index (χ4n) is 2.28. The summed E-state index contributed by atoms with van der Waals surface area (Å²) >= 11 is 3.55. The highest BCUT2D eigenvalue weighted by Gasteiger charge is 2.32. The molecule has 1 fully saturated rings. The van der Waals surface area contributed by atoms with Crippen molar-refractivity contribution in [1.82, 2.24) is 0 Å². The largest absolute Gasteiger partial charge is 0.396 e. The monoisotopic (exact) mass is 284 g/mol. The van der Waals surface area contributed by atoms with E-state index in [-0.39, 0.29) is 12.0 Å². The second-order valence-electron chi connectivity index (χ2n) is 4.58. The normalized spacial score (nSPS) is 25.6. The van der Waals surface area contributed by atoms with E-state index in [2.05, 4.69) is 22.0 Å². The van der Waals surface area contributed by atoms with E-state index in [1.165, 1.54) is 5.56 Å². The topological polar surface area (TPSA) is 29.5 Å². The van der Waals surface area contributed by atoms with E-state index >= 15 is 0 Å². The molecule has 0 aliphatic carbocycles. The zero-order valence-electron chi connectivity index (χ0n) is 9.29. The van der Waals surface area contributed by atoms with Crippen LogP contribution < -0.4 is 0 Å². The third kappa shape index (κ3) is 2.65. The smallest absolute Gasteiger partial charge is 0.0547 e. The first-order valence-electron chi connectivity index (χ1n) is 5.68. The van der Waals surface area contributed by atoms with Gasteiger partial charge in [0.15, 0.2) is 0 Å². The Balaban J connectivity index is 2.15. The van der Waals surface area contributed by atoms with Gasteiger partial charge in [0.1, 0.15) is 0 Å². The molecule has 0 radical (unpaired) electrons. The molecule has 3 heteroatoms. The maximum Gasteiger partial charge on any atom is 0.0547 e. The summed E-state index contributed by atoms with van der Waals surface area (Å²) in [4.78, 5) is 0. The lowest BCUT2D eigenvalue weighted by atomic mass is 9.78. The van der Waals surface area contributed by atoms with Gasteiger partial charge in [0.25, 0.3) is 0 Å². The van der Waals surface area contributed by atoms with Gasteiger partial charge in [-0.2, -0.15) is 0 Å². The van der Waals surface area contributed by atoms with Gasteiger partial charge in [-0.25, -0.2) is 0 Å². The molecule has 1 aromatic carbocycles. The fourth-order valence-corrected chi connectivity index (χ4v) is 2.70. The second-order valence-corrected chi connectivity index (χ2v) is 5.44. The van der Waals surface area contributed by atoms with Crippen LogP contribution in [0.25, 0.3) is 0 Å². The first-order valence-corrected chi connectivity index (χ1v) is 6.47. The molecule has 1 aromatic rings. The summed E-state index contributed by atoms with van der Waals surface area (Å²) in [5.41, 5.74) is 1.17. The number of rotatable bonds is 3. The van der Waals surface area contributed by atoms with Crippen LogP contribution in [0.15, 0.2) is 28.7 Å². The molecule has 88 valence electrons. The highest BCUT2D eigenvalue weighted by molar-refractivity contribution is 9.10. The molecule has 1 aliphatic rings. The average molecular weight is 285 g/mol. The van der Waals surface area contributed by atoms with Crippen LogP contribution in [0.3, 0.4) is 0 Å². The van der Waals surface area contributed by atoms with Crippen molar-refractivity contribution in [2.45, 2.75) is 19.3 Å². The molecule has 2 nitrogen and oxygen atoms in total. The Morgan fingerprint density at radius 2 is 2.19 bits per heavy atom. The van der Waals surface area contributed by atoms with Crippen molar-refractivity contribution in [3.8, 4) is 0 Å². The van der Waals surface area contributed by atoms with Crippen LogP contribution in [-0.4, -0.2) is 24.9 Å². The Morgan fingerprint density at radius 3 is 2.81 bits per heavy atom. The summed E-state index contributed by atoms with van der Waals surface area (Å²) in [7, 11) is 0. The molecule has 1 N–H and O–H groups in total. The number of halogens is 1. The molecule has 0 bridgehead atoms. The van der Waals surface area contributed by atoms with Gasteiger partial charge >= 0.3 is 0 Å². The van der Waals surface area contributed by atoms with Crippen molar-refractivity contribution < 1.29 is 9.84 Å². The number of aliphatic hydroxyl groups excluding tert-OH is 1. The highest BCUT2D eigenvalue weighted by atomic mass is 79.9. The van der Waals surface area contributed by atoms with Crippen LogP contribution >= 0.6 is 15.9 Å². The van der Waals surface area contributed by atoms with E-state index in [1.54, 1.807) is 0 Å². The van der Waals surface area contributed by atoms with Gasteiger partial charge in [-0.3, -0.25) is 0 Å². The SMILES string of the molecule is OCC1(Cc2ccccc2Br)CCCOC1. The van der Waals surface area contributed by atoms with Crippen molar-refractivity contribution in [3.63, 3.8) is 0 Å². The predicted molar refractivity (Wildman–Crippen MR) is 67.4 cm³/mol. The van der Waals surface area contributed by atoms with Gasteiger partial charge in [0, 0.05) is 16.5 Å². The van der Waals surface area contributed by atoms with Crippen molar-refractivity contribution >= 4 is 15.9 Å². The third-order valence-electron chi connectivity index (χ3n) is 3.26. The Kier molecular flexibility index (Phi) is 4.00. The molecular weight excluding hydrogens is 268 g/mol. The molecule has 16 heavy (non-hydrogen) atoms. The van der Waals surface area contributed by atoms with E-state index in [0.717, 1.165) is 30.3 Å². The Labute approximate surface area is 105 Å². The van der Waals surface area contributed by atoms with Crippen LogP contribution in [0.2, 0.25) is 0 Å². The molecule has 0 amide bonds. The van der Waals surface area contributed by atoms with Gasteiger partial charge in [-0.05, 0) is 30.9 Å². The third-order valence-corrected chi connectivity index (χ3v) is 4.04. The van der Waals surface area contributed by atoms with E-state index in [0.29, 0.717) is 6.61 Å². The molecule has 1 aliphatic heterocycles. The Bertz CT molecular complexity index is 346. The molecular formula is C13H17BrO2. The van der Waals surface area contributed by atoms with Crippen LogP contribution in [0.5, 0.6) is 0 Å². The van der Waals surface area contributed by atoms with E-state index in [9.17, 15) is 5.11 Å². The van der Waals surface area contributed by atoms with Crippen molar-refractivity contribution in [2.75, 3.05) is 19.8 Å². The van der Waals surface area contributed by atoms with Gasteiger partial charge in [0.05, 0.1) is 13.2 Å². The summed E-state index contributed by atoms with van der Waals surface area (Å²) in [5.74, 6) is 0. The Morgan fingerprint density at radius 1 is 1.38 bits per heavy atom. The van der Waals surface area contributed by atoms with Crippen LogP contribution in [0.1, 0.15) is 18.4 Å². The van der Waals surface area contributed by atoms with E-state index in [1.807, 2.05) is 18.2 Å². The van der Waals surface area contributed by atoms with Gasteiger partial charge in [-0.1, -0.05) is 34.1 Å². The summed E-state index contributed by atoms with van der Waals surface area (Å²) < 4.78 is 6.63. The van der Waals surface area contributed by atoms with Gasteiger partial charge in [0.2, 0.25) is 0 Å². The zero-order chi connectivity index (χ0) is 11.4.